The van der Waals surface area contributed by atoms with Gasteiger partial charge < -0.3 is 16.5 Å². The summed E-state index contributed by atoms with van der Waals surface area (Å²) in [6.45, 7) is 6.07. The van der Waals surface area contributed by atoms with Crippen LogP contribution in [0.4, 0.5) is 11.8 Å². The largest absolute Gasteiger partial charge is 0.383 e. The molecule has 0 saturated heterocycles. The summed E-state index contributed by atoms with van der Waals surface area (Å²) < 4.78 is 0. The lowest BCUT2D eigenvalue weighted by Crippen LogP contribution is -2.19. The minimum Gasteiger partial charge on any atom is -0.383 e. The lowest BCUT2D eigenvalue weighted by Gasteiger charge is -2.20. The second-order valence-corrected chi connectivity index (χ2v) is 4.97. The molecule has 0 aromatic carbocycles. The van der Waals surface area contributed by atoms with Crippen molar-refractivity contribution in [3.63, 3.8) is 0 Å². The van der Waals surface area contributed by atoms with Gasteiger partial charge in [-0.3, -0.25) is 4.79 Å². The number of pyridine rings is 1. The SMILES string of the molecule is CC(C)(C)c1c[nH]c(=O)c2c(N)nc(N)nc12. The van der Waals surface area contributed by atoms with Crippen molar-refractivity contribution in [3.8, 4) is 0 Å². The molecule has 6 nitrogen and oxygen atoms in total. The van der Waals surface area contributed by atoms with E-state index >= 15 is 0 Å². The van der Waals surface area contributed by atoms with E-state index in [4.69, 9.17) is 11.5 Å². The third-order valence-electron chi connectivity index (χ3n) is 2.59. The van der Waals surface area contributed by atoms with E-state index in [9.17, 15) is 4.79 Å². The van der Waals surface area contributed by atoms with Crippen LogP contribution in [0.2, 0.25) is 0 Å². The third kappa shape index (κ3) is 1.82. The lowest BCUT2D eigenvalue weighted by atomic mass is 9.87. The molecule has 2 aromatic heterocycles. The third-order valence-corrected chi connectivity index (χ3v) is 2.59. The standard InChI is InChI=1S/C11H15N5O/c1-11(2,3)5-4-14-9(17)6-7(5)15-10(13)16-8(6)12/h4H,1-3H3,(H,14,17)(H4,12,13,15,16). The minimum absolute atomic E-state index is 0.0751. The van der Waals surface area contributed by atoms with Crippen molar-refractivity contribution >= 4 is 22.7 Å². The number of nitrogens with one attached hydrogen (secondary N) is 1. The van der Waals surface area contributed by atoms with Gasteiger partial charge in [0.1, 0.15) is 11.2 Å². The van der Waals surface area contributed by atoms with E-state index in [0.717, 1.165) is 5.56 Å². The highest BCUT2D eigenvalue weighted by Crippen LogP contribution is 2.28. The number of rotatable bonds is 0. The average molecular weight is 233 g/mol. The van der Waals surface area contributed by atoms with Crippen LogP contribution < -0.4 is 17.0 Å². The van der Waals surface area contributed by atoms with Crippen LogP contribution in [-0.4, -0.2) is 15.0 Å². The fraction of sp³-hybridized carbons (Fsp3) is 0.364. The zero-order valence-electron chi connectivity index (χ0n) is 10.0. The van der Waals surface area contributed by atoms with Gasteiger partial charge in [0.05, 0.1) is 5.52 Å². The number of anilines is 2. The quantitative estimate of drug-likeness (QED) is 0.622. The first-order chi connectivity index (χ1) is 7.80. The number of hydrogen-bond acceptors (Lipinski definition) is 5. The van der Waals surface area contributed by atoms with Gasteiger partial charge in [-0.1, -0.05) is 20.8 Å². The highest BCUT2D eigenvalue weighted by Gasteiger charge is 2.21. The molecule has 0 saturated carbocycles. The normalized spacial score (nSPS) is 11.9. The van der Waals surface area contributed by atoms with E-state index in [1.807, 2.05) is 20.8 Å². The van der Waals surface area contributed by atoms with Gasteiger partial charge in [-0.05, 0) is 5.41 Å². The Morgan fingerprint density at radius 1 is 1.24 bits per heavy atom. The molecule has 0 amide bonds. The molecule has 0 aliphatic rings. The van der Waals surface area contributed by atoms with E-state index in [-0.39, 0.29) is 22.7 Å². The fourth-order valence-corrected chi connectivity index (χ4v) is 1.76. The average Bonchev–Trinajstić information content (AvgIpc) is 2.14. The van der Waals surface area contributed by atoms with Crippen molar-refractivity contribution in [1.82, 2.24) is 15.0 Å². The smallest absolute Gasteiger partial charge is 0.261 e. The molecule has 0 bridgehead atoms. The van der Waals surface area contributed by atoms with Crippen molar-refractivity contribution < 1.29 is 0 Å². The minimum atomic E-state index is -0.300. The molecule has 90 valence electrons. The topological polar surface area (TPSA) is 111 Å². The van der Waals surface area contributed by atoms with Gasteiger partial charge in [-0.15, -0.1) is 0 Å². The van der Waals surface area contributed by atoms with Crippen LogP contribution in [-0.2, 0) is 5.41 Å². The summed E-state index contributed by atoms with van der Waals surface area (Å²) in [4.78, 5) is 22.3. The van der Waals surface area contributed by atoms with Crippen LogP contribution in [0.5, 0.6) is 0 Å². The Hall–Kier alpha value is -2.11. The Morgan fingerprint density at radius 2 is 1.88 bits per heavy atom. The van der Waals surface area contributed by atoms with Gasteiger partial charge in [0.2, 0.25) is 5.95 Å². The monoisotopic (exact) mass is 233 g/mol. The molecule has 2 aromatic rings. The molecule has 0 spiro atoms. The van der Waals surface area contributed by atoms with Crippen LogP contribution in [0.1, 0.15) is 26.3 Å². The zero-order valence-corrected chi connectivity index (χ0v) is 10.0. The molecular formula is C11H15N5O. The highest BCUT2D eigenvalue weighted by atomic mass is 16.1. The summed E-state index contributed by atoms with van der Waals surface area (Å²) in [7, 11) is 0. The molecule has 2 rings (SSSR count). The summed E-state index contributed by atoms with van der Waals surface area (Å²) >= 11 is 0. The van der Waals surface area contributed by atoms with Crippen LogP contribution in [0, 0.1) is 0 Å². The predicted octanol–water partition coefficient (Wildman–Crippen LogP) is 0.780. The van der Waals surface area contributed by atoms with Crippen LogP contribution >= 0.6 is 0 Å². The Labute approximate surface area is 98.1 Å². The maximum atomic E-state index is 11.7. The number of H-pyrrole nitrogens is 1. The summed E-state index contributed by atoms with van der Waals surface area (Å²) in [6, 6.07) is 0. The Balaban J connectivity index is 3.00. The van der Waals surface area contributed by atoms with Gasteiger partial charge in [0, 0.05) is 11.8 Å². The number of fused-ring (bicyclic) bond motifs is 1. The second kappa shape index (κ2) is 3.44. The van der Waals surface area contributed by atoms with E-state index in [1.165, 1.54) is 0 Å². The summed E-state index contributed by atoms with van der Waals surface area (Å²) in [5.41, 5.74) is 12.2. The lowest BCUT2D eigenvalue weighted by molar-refractivity contribution is 0.591. The molecule has 0 aliphatic carbocycles. The van der Waals surface area contributed by atoms with Gasteiger partial charge in [-0.2, -0.15) is 4.98 Å². The summed E-state index contributed by atoms with van der Waals surface area (Å²) in [5.74, 6) is 0.186. The molecule has 0 atom stereocenters. The van der Waals surface area contributed by atoms with E-state index in [1.54, 1.807) is 6.20 Å². The molecule has 2 heterocycles. The fourth-order valence-electron chi connectivity index (χ4n) is 1.76. The van der Waals surface area contributed by atoms with Crippen molar-refractivity contribution in [2.24, 2.45) is 0 Å². The van der Waals surface area contributed by atoms with Crippen LogP contribution in [0.15, 0.2) is 11.0 Å². The van der Waals surface area contributed by atoms with E-state index in [2.05, 4.69) is 15.0 Å². The summed E-state index contributed by atoms with van der Waals surface area (Å²) in [6.07, 6.45) is 1.65. The van der Waals surface area contributed by atoms with Crippen molar-refractivity contribution in [2.45, 2.75) is 26.2 Å². The first-order valence-electron chi connectivity index (χ1n) is 5.25. The van der Waals surface area contributed by atoms with Gasteiger partial charge in [0.15, 0.2) is 0 Å². The number of aromatic amines is 1. The highest BCUT2D eigenvalue weighted by molar-refractivity contribution is 5.90. The Kier molecular flexibility index (Phi) is 2.30. The molecule has 5 N–H and O–H groups in total. The van der Waals surface area contributed by atoms with Crippen molar-refractivity contribution in [3.05, 3.63) is 22.1 Å². The predicted molar refractivity (Wildman–Crippen MR) is 67.7 cm³/mol. The van der Waals surface area contributed by atoms with Gasteiger partial charge in [-0.25, -0.2) is 4.98 Å². The number of hydrogen-bond donors (Lipinski definition) is 3. The van der Waals surface area contributed by atoms with Gasteiger partial charge >= 0.3 is 0 Å². The van der Waals surface area contributed by atoms with Gasteiger partial charge in [0.25, 0.3) is 5.56 Å². The first-order valence-corrected chi connectivity index (χ1v) is 5.25. The molecule has 0 aliphatic heterocycles. The Bertz CT molecular complexity index is 639. The number of nitrogens with zero attached hydrogens (tertiary/aromatic N) is 2. The molecule has 6 heteroatoms. The maximum absolute atomic E-state index is 11.7. The van der Waals surface area contributed by atoms with Crippen LogP contribution in [0.25, 0.3) is 10.9 Å². The molecule has 0 unspecified atom stereocenters. The first kappa shape index (κ1) is 11.4. The zero-order chi connectivity index (χ0) is 12.8. The molecule has 0 fully saturated rings. The number of nitrogen functional groups attached to an aromatic ring is 2. The second-order valence-electron chi connectivity index (χ2n) is 4.97. The van der Waals surface area contributed by atoms with E-state index < -0.39 is 0 Å². The summed E-state index contributed by atoms with van der Waals surface area (Å²) in [5, 5.41) is 0.298. The Morgan fingerprint density at radius 3 is 2.47 bits per heavy atom. The van der Waals surface area contributed by atoms with Crippen molar-refractivity contribution in [1.29, 1.82) is 0 Å². The van der Waals surface area contributed by atoms with Crippen LogP contribution in [0.3, 0.4) is 0 Å². The molecule has 17 heavy (non-hydrogen) atoms. The van der Waals surface area contributed by atoms with Crippen molar-refractivity contribution in [2.75, 3.05) is 11.5 Å². The number of nitrogens with two attached hydrogens (primary N) is 2. The van der Waals surface area contributed by atoms with E-state index in [0.29, 0.717) is 10.9 Å². The molecular weight excluding hydrogens is 218 g/mol. The molecule has 0 radical (unpaired) electrons. The maximum Gasteiger partial charge on any atom is 0.261 e. The number of aromatic nitrogens is 3.